The van der Waals surface area contributed by atoms with Crippen LogP contribution in [0.2, 0.25) is 0 Å². The first-order valence-corrected chi connectivity index (χ1v) is 13.8. The number of hydrogen-bond donors (Lipinski definition) is 0. The molecule has 5 rings (SSSR count). The van der Waals surface area contributed by atoms with Crippen molar-refractivity contribution >= 4 is 15.9 Å². The number of benzene rings is 1. The number of piperidine rings is 1. The average molecular weight is 486 g/mol. The molecule has 8 nitrogen and oxygen atoms in total. The van der Waals surface area contributed by atoms with E-state index in [2.05, 4.69) is 21.4 Å². The van der Waals surface area contributed by atoms with Crippen molar-refractivity contribution in [2.24, 2.45) is 0 Å². The molecule has 4 heterocycles. The average Bonchev–Trinajstić information content (AvgIpc) is 3.35. The summed E-state index contributed by atoms with van der Waals surface area (Å²) in [7, 11) is -1.53. The normalized spacial score (nSPS) is 23.7. The third-order valence-corrected chi connectivity index (χ3v) is 9.63. The molecular formula is C25H35N5O3S. The predicted octanol–water partition coefficient (Wildman–Crippen LogP) is 1.86. The second kappa shape index (κ2) is 9.81. The minimum Gasteiger partial charge on any atom is -0.349 e. The van der Waals surface area contributed by atoms with Crippen molar-refractivity contribution in [3.05, 3.63) is 54.4 Å². The lowest BCUT2D eigenvalue weighted by Gasteiger charge is -2.42. The van der Waals surface area contributed by atoms with Crippen LogP contribution >= 0.6 is 0 Å². The molecule has 0 bridgehead atoms. The van der Waals surface area contributed by atoms with Gasteiger partial charge < -0.3 is 14.4 Å². The van der Waals surface area contributed by atoms with Gasteiger partial charge in [-0.3, -0.25) is 9.69 Å². The highest BCUT2D eigenvalue weighted by atomic mass is 32.2. The van der Waals surface area contributed by atoms with Crippen LogP contribution in [0.3, 0.4) is 0 Å². The molecular weight excluding hydrogens is 450 g/mol. The molecule has 3 aliphatic rings. The van der Waals surface area contributed by atoms with Crippen LogP contribution in [0.15, 0.2) is 53.6 Å². The smallest absolute Gasteiger partial charge is 0.243 e. The number of fused-ring (bicyclic) bond motifs is 1. The van der Waals surface area contributed by atoms with Gasteiger partial charge in [0, 0.05) is 76.7 Å². The van der Waals surface area contributed by atoms with E-state index < -0.39 is 16.1 Å². The number of sulfonamides is 1. The Morgan fingerprint density at radius 3 is 2.29 bits per heavy atom. The third-order valence-electron chi connectivity index (χ3n) is 7.70. The van der Waals surface area contributed by atoms with Gasteiger partial charge in [-0.05, 0) is 44.2 Å². The first-order chi connectivity index (χ1) is 16.4. The van der Waals surface area contributed by atoms with Crippen LogP contribution in [-0.2, 0) is 21.4 Å². The zero-order chi connectivity index (χ0) is 23.7. The Balaban J connectivity index is 1.28. The van der Waals surface area contributed by atoms with Gasteiger partial charge in [-0.15, -0.1) is 0 Å². The maximum absolute atomic E-state index is 13.5. The van der Waals surface area contributed by atoms with E-state index >= 15 is 0 Å². The summed E-state index contributed by atoms with van der Waals surface area (Å²) < 4.78 is 30.6. The van der Waals surface area contributed by atoms with Crippen molar-refractivity contribution < 1.29 is 13.2 Å². The minimum absolute atomic E-state index is 0.0461. The van der Waals surface area contributed by atoms with E-state index in [0.29, 0.717) is 19.1 Å². The first kappa shape index (κ1) is 23.5. The first-order valence-electron chi connectivity index (χ1n) is 12.4. The number of likely N-dealkylation sites (N-methyl/N-ethyl adjacent to an activating group) is 1. The largest absolute Gasteiger partial charge is 0.349 e. The summed E-state index contributed by atoms with van der Waals surface area (Å²) in [5.41, 5.74) is 0.895. The summed E-state index contributed by atoms with van der Waals surface area (Å²) >= 11 is 0. The van der Waals surface area contributed by atoms with Crippen LogP contribution in [0, 0.1) is 0 Å². The Morgan fingerprint density at radius 2 is 1.59 bits per heavy atom. The number of hydrogen-bond acceptors (Lipinski definition) is 5. The monoisotopic (exact) mass is 485 g/mol. The van der Waals surface area contributed by atoms with Gasteiger partial charge in [-0.25, -0.2) is 8.42 Å². The predicted molar refractivity (Wildman–Crippen MR) is 131 cm³/mol. The zero-order valence-corrected chi connectivity index (χ0v) is 20.7. The molecule has 34 heavy (non-hydrogen) atoms. The van der Waals surface area contributed by atoms with Crippen molar-refractivity contribution in [2.45, 2.75) is 42.8 Å². The summed E-state index contributed by atoms with van der Waals surface area (Å²) in [5.74, 6) is 0.0461. The Morgan fingerprint density at radius 1 is 0.882 bits per heavy atom. The highest BCUT2D eigenvalue weighted by molar-refractivity contribution is 7.89. The molecule has 0 radical (unpaired) electrons. The number of amides is 1. The van der Waals surface area contributed by atoms with Crippen molar-refractivity contribution in [3.8, 4) is 0 Å². The van der Waals surface area contributed by atoms with E-state index in [4.69, 9.17) is 0 Å². The van der Waals surface area contributed by atoms with E-state index in [1.165, 1.54) is 4.31 Å². The summed E-state index contributed by atoms with van der Waals surface area (Å²) in [5, 5.41) is 0. The Kier molecular flexibility index (Phi) is 6.79. The molecule has 2 saturated heterocycles. The van der Waals surface area contributed by atoms with Crippen molar-refractivity contribution in [2.75, 3.05) is 52.9 Å². The summed E-state index contributed by atoms with van der Waals surface area (Å²) in [6, 6.07) is 12.5. The van der Waals surface area contributed by atoms with Gasteiger partial charge in [-0.2, -0.15) is 4.31 Å². The van der Waals surface area contributed by atoms with Crippen LogP contribution in [0.1, 0.15) is 31.0 Å². The quantitative estimate of drug-likeness (QED) is 0.647. The molecule has 3 aliphatic heterocycles. The lowest BCUT2D eigenvalue weighted by molar-refractivity contribution is -0.134. The van der Waals surface area contributed by atoms with E-state index in [-0.39, 0.29) is 17.2 Å². The third kappa shape index (κ3) is 4.66. The number of rotatable bonds is 5. The summed E-state index contributed by atoms with van der Waals surface area (Å²) in [4.78, 5) is 20.6. The SMILES string of the molecule is CN1CCN(C2CCN(C(=O)CC3c4cccn4CCN3S(=O)(=O)c3ccccc3)CC2)CC1. The molecule has 0 saturated carbocycles. The standard InChI is InChI=1S/C25H35N5O3S/c1-26-14-16-27(17-15-26)21-9-12-29(13-10-21)25(31)20-24-23-8-5-11-28(23)18-19-30(24)34(32,33)22-6-3-2-4-7-22/h2-8,11,21,24H,9-10,12-20H2,1H3. The van der Waals surface area contributed by atoms with E-state index in [0.717, 1.165) is 57.8 Å². The fourth-order valence-electron chi connectivity index (χ4n) is 5.63. The van der Waals surface area contributed by atoms with Crippen molar-refractivity contribution in [1.29, 1.82) is 0 Å². The van der Waals surface area contributed by atoms with Gasteiger partial charge in [0.05, 0.1) is 10.9 Å². The summed E-state index contributed by atoms with van der Waals surface area (Å²) in [6.45, 7) is 6.85. The molecule has 2 aromatic rings. The number of nitrogens with zero attached hydrogens (tertiary/aromatic N) is 5. The molecule has 1 amide bonds. The molecule has 1 atom stereocenters. The van der Waals surface area contributed by atoms with Crippen LogP contribution in [0.4, 0.5) is 0 Å². The van der Waals surface area contributed by atoms with E-state index in [9.17, 15) is 13.2 Å². The second-order valence-corrected chi connectivity index (χ2v) is 11.6. The van der Waals surface area contributed by atoms with Crippen LogP contribution in [0.5, 0.6) is 0 Å². The fourth-order valence-corrected chi connectivity index (χ4v) is 7.24. The highest BCUT2D eigenvalue weighted by Gasteiger charge is 2.39. The van der Waals surface area contributed by atoms with Gasteiger partial charge in [0.1, 0.15) is 0 Å². The molecule has 0 aliphatic carbocycles. The molecule has 0 spiro atoms. The fraction of sp³-hybridized carbons (Fsp3) is 0.560. The number of carbonyl (C=O) groups excluding carboxylic acids is 1. The molecule has 184 valence electrons. The van der Waals surface area contributed by atoms with E-state index in [1.54, 1.807) is 24.3 Å². The molecule has 1 aromatic heterocycles. The number of carbonyl (C=O) groups is 1. The Hall–Kier alpha value is -2.20. The Labute approximate surface area is 202 Å². The highest BCUT2D eigenvalue weighted by Crippen LogP contribution is 2.34. The van der Waals surface area contributed by atoms with E-state index in [1.807, 2.05) is 29.3 Å². The zero-order valence-electron chi connectivity index (χ0n) is 19.9. The van der Waals surface area contributed by atoms with Gasteiger partial charge in [-0.1, -0.05) is 18.2 Å². The lowest BCUT2D eigenvalue weighted by Crippen LogP contribution is -2.53. The maximum Gasteiger partial charge on any atom is 0.243 e. The number of piperazine rings is 1. The minimum atomic E-state index is -3.70. The van der Waals surface area contributed by atoms with Crippen molar-refractivity contribution in [1.82, 2.24) is 23.6 Å². The topological polar surface area (TPSA) is 69.1 Å². The molecule has 1 unspecified atom stereocenters. The van der Waals surface area contributed by atoms with Gasteiger partial charge in [0.25, 0.3) is 0 Å². The van der Waals surface area contributed by atoms with Gasteiger partial charge >= 0.3 is 0 Å². The number of likely N-dealkylation sites (tertiary alicyclic amines) is 1. The van der Waals surface area contributed by atoms with Gasteiger partial charge in [0.2, 0.25) is 15.9 Å². The lowest BCUT2D eigenvalue weighted by atomic mass is 10.0. The Bertz CT molecular complexity index is 1090. The number of aromatic nitrogens is 1. The second-order valence-electron chi connectivity index (χ2n) is 9.73. The summed E-state index contributed by atoms with van der Waals surface area (Å²) in [6.07, 6.45) is 4.13. The van der Waals surface area contributed by atoms with Gasteiger partial charge in [0.15, 0.2) is 0 Å². The molecule has 2 fully saturated rings. The molecule has 9 heteroatoms. The molecule has 1 aromatic carbocycles. The molecule has 0 N–H and O–H groups in total. The van der Waals surface area contributed by atoms with Crippen LogP contribution in [0.25, 0.3) is 0 Å². The van der Waals surface area contributed by atoms with Crippen LogP contribution < -0.4 is 0 Å². The van der Waals surface area contributed by atoms with Crippen LogP contribution in [-0.4, -0.2) is 96.8 Å². The van der Waals surface area contributed by atoms with Crippen molar-refractivity contribution in [3.63, 3.8) is 0 Å². The maximum atomic E-state index is 13.5.